The lowest BCUT2D eigenvalue weighted by atomic mass is 9.99. The zero-order chi connectivity index (χ0) is 17.6. The van der Waals surface area contributed by atoms with Crippen molar-refractivity contribution in [3.8, 4) is 0 Å². The molecule has 0 bridgehead atoms. The molecular weight excluding hydrogens is 367 g/mol. The van der Waals surface area contributed by atoms with Gasteiger partial charge in [-0.3, -0.25) is 4.99 Å². The lowest BCUT2D eigenvalue weighted by molar-refractivity contribution is 0.579. The first-order chi connectivity index (χ1) is 12.1. The Labute approximate surface area is 152 Å². The summed E-state index contributed by atoms with van der Waals surface area (Å²) >= 11 is 12.6. The molecule has 0 fully saturated rings. The van der Waals surface area contributed by atoms with Gasteiger partial charge in [0.1, 0.15) is 17.5 Å². The third kappa shape index (κ3) is 2.64. The number of hydrogen-bond acceptors (Lipinski definition) is 3. The van der Waals surface area contributed by atoms with Crippen molar-refractivity contribution >= 4 is 40.4 Å². The van der Waals surface area contributed by atoms with Crippen LogP contribution < -0.4 is 4.90 Å². The van der Waals surface area contributed by atoms with E-state index in [2.05, 4.69) is 9.98 Å². The Kier molecular flexibility index (Phi) is 4.06. The first-order valence-corrected chi connectivity index (χ1v) is 8.30. The van der Waals surface area contributed by atoms with Crippen LogP contribution in [0.1, 0.15) is 11.1 Å². The van der Waals surface area contributed by atoms with Crippen LogP contribution >= 0.6 is 23.2 Å². The molecule has 0 spiro atoms. The van der Waals surface area contributed by atoms with E-state index < -0.39 is 11.6 Å². The minimum Gasteiger partial charge on any atom is -0.324 e. The summed E-state index contributed by atoms with van der Waals surface area (Å²) in [6.07, 6.45) is 3.57. The van der Waals surface area contributed by atoms with E-state index in [1.807, 2.05) is 11.0 Å². The van der Waals surface area contributed by atoms with Crippen LogP contribution in [0.2, 0.25) is 10.0 Å². The minimum absolute atomic E-state index is 0.134. The van der Waals surface area contributed by atoms with Crippen molar-refractivity contribution in [2.24, 2.45) is 9.98 Å². The molecule has 0 amide bonds. The fourth-order valence-corrected chi connectivity index (χ4v) is 3.38. The summed E-state index contributed by atoms with van der Waals surface area (Å²) in [5.41, 5.74) is 0.978. The highest BCUT2D eigenvalue weighted by molar-refractivity contribution is 6.45. The fraction of sp³-hybridized carbons (Fsp3) is 0.111. The molecule has 2 aromatic rings. The number of fused-ring (bicyclic) bond motifs is 3. The zero-order valence-corrected chi connectivity index (χ0v) is 14.3. The van der Waals surface area contributed by atoms with Crippen molar-refractivity contribution < 1.29 is 8.78 Å². The molecule has 0 saturated heterocycles. The number of amidine groups is 1. The molecule has 4 rings (SSSR count). The molecule has 0 aliphatic carbocycles. The van der Waals surface area contributed by atoms with E-state index in [0.29, 0.717) is 23.6 Å². The Bertz CT molecular complexity index is 947. The van der Waals surface area contributed by atoms with Crippen molar-refractivity contribution in [3.05, 3.63) is 75.4 Å². The van der Waals surface area contributed by atoms with E-state index in [9.17, 15) is 8.78 Å². The van der Waals surface area contributed by atoms with Crippen LogP contribution in [0.15, 0.2) is 52.6 Å². The van der Waals surface area contributed by atoms with Crippen molar-refractivity contribution in [2.45, 2.75) is 0 Å². The Hall–Kier alpha value is -2.24. The van der Waals surface area contributed by atoms with Gasteiger partial charge < -0.3 is 4.90 Å². The lowest BCUT2D eigenvalue weighted by Gasteiger charge is -2.27. The number of anilines is 1. The lowest BCUT2D eigenvalue weighted by Crippen LogP contribution is -2.34. The van der Waals surface area contributed by atoms with Crippen LogP contribution in [0, 0.1) is 11.6 Å². The average molecular weight is 378 g/mol. The second-order valence-corrected chi connectivity index (χ2v) is 6.34. The second-order valence-electron chi connectivity index (χ2n) is 5.56. The molecule has 0 unspecified atom stereocenters. The zero-order valence-electron chi connectivity index (χ0n) is 12.8. The standard InChI is InChI=1S/C18H11Cl2F2N3/c19-10-5-6-13-16(17(10)20)18(15-11(21)3-1-4-12(15)22)24-9-14-23-7-2-8-25(13)14/h1-7H,8-9H2. The van der Waals surface area contributed by atoms with E-state index >= 15 is 0 Å². The van der Waals surface area contributed by atoms with E-state index in [-0.39, 0.29) is 27.9 Å². The minimum atomic E-state index is -0.708. The molecule has 2 aliphatic rings. The van der Waals surface area contributed by atoms with Gasteiger partial charge in [-0.15, -0.1) is 0 Å². The van der Waals surface area contributed by atoms with Gasteiger partial charge >= 0.3 is 0 Å². The molecule has 25 heavy (non-hydrogen) atoms. The largest absolute Gasteiger partial charge is 0.324 e. The molecule has 2 heterocycles. The van der Waals surface area contributed by atoms with Crippen LogP contribution in [0.3, 0.4) is 0 Å². The van der Waals surface area contributed by atoms with Gasteiger partial charge in [-0.05, 0) is 30.3 Å². The SMILES string of the molecule is Fc1cccc(F)c1C1=NCC2=NC=CCN2c2ccc(Cl)c(Cl)c21. The first-order valence-electron chi connectivity index (χ1n) is 7.54. The maximum atomic E-state index is 14.4. The fourth-order valence-electron chi connectivity index (χ4n) is 2.98. The average Bonchev–Trinajstić information content (AvgIpc) is 2.76. The summed E-state index contributed by atoms with van der Waals surface area (Å²) in [4.78, 5) is 10.7. The Morgan fingerprint density at radius 3 is 2.52 bits per heavy atom. The van der Waals surface area contributed by atoms with E-state index in [1.54, 1.807) is 18.3 Å². The molecule has 0 N–H and O–H groups in total. The van der Waals surface area contributed by atoms with Gasteiger partial charge in [0.25, 0.3) is 0 Å². The van der Waals surface area contributed by atoms with Crippen molar-refractivity contribution in [3.63, 3.8) is 0 Å². The van der Waals surface area contributed by atoms with Crippen LogP contribution in [0.5, 0.6) is 0 Å². The summed E-state index contributed by atoms with van der Waals surface area (Å²) in [5, 5.41) is 0.495. The highest BCUT2D eigenvalue weighted by Crippen LogP contribution is 2.38. The van der Waals surface area contributed by atoms with Gasteiger partial charge in [-0.25, -0.2) is 13.8 Å². The van der Waals surface area contributed by atoms with Gasteiger partial charge in [-0.2, -0.15) is 0 Å². The summed E-state index contributed by atoms with van der Waals surface area (Å²) in [6, 6.07) is 7.10. The number of aliphatic imine (C=N–C) groups is 2. The topological polar surface area (TPSA) is 28.0 Å². The van der Waals surface area contributed by atoms with Gasteiger partial charge in [0.2, 0.25) is 0 Å². The van der Waals surface area contributed by atoms with E-state index in [0.717, 1.165) is 0 Å². The second kappa shape index (κ2) is 6.24. The monoisotopic (exact) mass is 377 g/mol. The number of benzene rings is 2. The molecule has 3 nitrogen and oxygen atoms in total. The molecule has 126 valence electrons. The summed E-state index contributed by atoms with van der Waals surface area (Å²) in [5.74, 6) is -0.741. The molecule has 0 saturated carbocycles. The molecule has 0 radical (unpaired) electrons. The third-order valence-corrected chi connectivity index (χ3v) is 4.91. The number of rotatable bonds is 1. The quantitative estimate of drug-likeness (QED) is 0.697. The summed E-state index contributed by atoms with van der Waals surface area (Å²) in [7, 11) is 0. The Morgan fingerprint density at radius 1 is 1.00 bits per heavy atom. The number of hydrogen-bond donors (Lipinski definition) is 0. The highest BCUT2D eigenvalue weighted by Gasteiger charge is 2.29. The van der Waals surface area contributed by atoms with Crippen LogP contribution in [-0.4, -0.2) is 24.6 Å². The van der Waals surface area contributed by atoms with E-state index in [4.69, 9.17) is 23.2 Å². The maximum absolute atomic E-state index is 14.4. The summed E-state index contributed by atoms with van der Waals surface area (Å²) in [6.45, 7) is 0.739. The number of nitrogens with zero attached hydrogens (tertiary/aromatic N) is 3. The van der Waals surface area contributed by atoms with Gasteiger partial charge in [-0.1, -0.05) is 29.3 Å². The molecule has 0 aromatic heterocycles. The number of halogens is 4. The summed E-state index contributed by atoms with van der Waals surface area (Å²) < 4.78 is 28.8. The van der Waals surface area contributed by atoms with Crippen molar-refractivity contribution in [1.82, 2.24) is 0 Å². The first kappa shape index (κ1) is 16.2. The van der Waals surface area contributed by atoms with Crippen LogP contribution in [-0.2, 0) is 0 Å². The molecular formula is C18H11Cl2F2N3. The van der Waals surface area contributed by atoms with Crippen LogP contribution in [0.4, 0.5) is 14.5 Å². The predicted octanol–water partition coefficient (Wildman–Crippen LogP) is 4.85. The smallest absolute Gasteiger partial charge is 0.135 e. The molecule has 2 aliphatic heterocycles. The Balaban J connectivity index is 2.04. The van der Waals surface area contributed by atoms with E-state index in [1.165, 1.54) is 18.2 Å². The Morgan fingerprint density at radius 2 is 1.76 bits per heavy atom. The molecule has 0 atom stereocenters. The van der Waals surface area contributed by atoms with Gasteiger partial charge in [0, 0.05) is 18.3 Å². The molecule has 7 heteroatoms. The maximum Gasteiger partial charge on any atom is 0.135 e. The highest BCUT2D eigenvalue weighted by atomic mass is 35.5. The van der Waals surface area contributed by atoms with Gasteiger partial charge in [0.05, 0.1) is 33.6 Å². The van der Waals surface area contributed by atoms with Crippen LogP contribution in [0.25, 0.3) is 0 Å². The third-order valence-electron chi connectivity index (χ3n) is 4.11. The molecule has 2 aromatic carbocycles. The van der Waals surface area contributed by atoms with Crippen molar-refractivity contribution in [2.75, 3.05) is 18.0 Å². The van der Waals surface area contributed by atoms with Crippen molar-refractivity contribution in [1.29, 1.82) is 0 Å². The normalized spacial score (nSPS) is 15.9. The predicted molar refractivity (Wildman–Crippen MR) is 97.2 cm³/mol. The van der Waals surface area contributed by atoms with Gasteiger partial charge in [0.15, 0.2) is 0 Å².